The topological polar surface area (TPSA) is 38.0 Å². The van der Waals surface area contributed by atoms with Gasteiger partial charge in [0.2, 0.25) is 0 Å². The number of hydrogen-bond acceptors (Lipinski definition) is 2. The smallest absolute Gasteiger partial charge is 0.0127 e. The van der Waals surface area contributed by atoms with Crippen molar-refractivity contribution in [1.29, 1.82) is 0 Å². The summed E-state index contributed by atoms with van der Waals surface area (Å²) in [4.78, 5) is 0. The fraction of sp³-hybridized carbons (Fsp3) is 1.00. The lowest BCUT2D eigenvalue weighted by Crippen LogP contribution is -2.49. The molecule has 0 bridgehead atoms. The van der Waals surface area contributed by atoms with Crippen molar-refractivity contribution < 1.29 is 0 Å². The largest absolute Gasteiger partial charge is 0.328 e. The summed E-state index contributed by atoms with van der Waals surface area (Å²) in [5, 5.41) is 3.75. The quantitative estimate of drug-likeness (QED) is 0.728. The van der Waals surface area contributed by atoms with Gasteiger partial charge in [-0.3, -0.25) is 0 Å². The number of hydrogen-bond donors (Lipinski definition) is 2. The maximum absolute atomic E-state index is 5.98. The van der Waals surface area contributed by atoms with Gasteiger partial charge >= 0.3 is 0 Å². The predicted octanol–water partition coefficient (Wildman–Crippen LogP) is 2.42. The summed E-state index contributed by atoms with van der Waals surface area (Å²) in [6.45, 7) is 6.85. The van der Waals surface area contributed by atoms with Crippen molar-refractivity contribution in [2.45, 2.75) is 76.9 Å². The highest BCUT2D eigenvalue weighted by molar-refractivity contribution is 4.86. The Morgan fingerprint density at radius 3 is 2.64 bits per heavy atom. The van der Waals surface area contributed by atoms with Crippen LogP contribution in [0.2, 0.25) is 0 Å². The van der Waals surface area contributed by atoms with E-state index in [0.717, 1.165) is 6.42 Å². The Bertz CT molecular complexity index is 166. The fourth-order valence-electron chi connectivity index (χ4n) is 2.61. The van der Waals surface area contributed by atoms with Crippen LogP contribution in [0.4, 0.5) is 0 Å². The molecule has 0 radical (unpaired) electrons. The summed E-state index contributed by atoms with van der Waals surface area (Å²) in [5.41, 5.74) is 6.27. The van der Waals surface area contributed by atoms with E-state index >= 15 is 0 Å². The minimum atomic E-state index is 0.288. The molecular weight excluding hydrogens is 172 g/mol. The van der Waals surface area contributed by atoms with Gasteiger partial charge in [0.1, 0.15) is 0 Å². The first kappa shape index (κ1) is 12.0. The van der Waals surface area contributed by atoms with Crippen molar-refractivity contribution in [2.75, 3.05) is 0 Å². The summed E-state index contributed by atoms with van der Waals surface area (Å²) >= 11 is 0. The van der Waals surface area contributed by atoms with E-state index in [0.29, 0.717) is 12.1 Å². The summed E-state index contributed by atoms with van der Waals surface area (Å²) in [6, 6.07) is 1.08. The van der Waals surface area contributed by atoms with Crippen LogP contribution in [0.5, 0.6) is 0 Å². The van der Waals surface area contributed by atoms with Crippen molar-refractivity contribution >= 4 is 0 Å². The zero-order valence-electron chi connectivity index (χ0n) is 9.97. The molecule has 0 saturated heterocycles. The molecule has 1 fully saturated rings. The zero-order chi connectivity index (χ0) is 10.6. The third-order valence-corrected chi connectivity index (χ3v) is 3.18. The monoisotopic (exact) mass is 198 g/mol. The highest BCUT2D eigenvalue weighted by atomic mass is 15.0. The molecular formula is C12H26N2. The summed E-state index contributed by atoms with van der Waals surface area (Å²) in [6.07, 6.45) is 7.47. The molecule has 2 heteroatoms. The van der Waals surface area contributed by atoms with Gasteiger partial charge in [-0.15, -0.1) is 0 Å². The van der Waals surface area contributed by atoms with Gasteiger partial charge < -0.3 is 11.1 Å². The highest BCUT2D eigenvalue weighted by Crippen LogP contribution is 2.21. The van der Waals surface area contributed by atoms with Gasteiger partial charge in [0.15, 0.2) is 0 Å². The Hall–Kier alpha value is -0.0800. The van der Waals surface area contributed by atoms with Crippen LogP contribution in [0.1, 0.15) is 59.3 Å². The standard InChI is InChI=1S/C12H26N2/c1-4-8-12(2,3)14-11-7-5-6-10(13)9-11/h10-11,14H,4-9,13H2,1-3H3. The van der Waals surface area contributed by atoms with Crippen LogP contribution in [-0.4, -0.2) is 17.6 Å². The molecule has 3 N–H and O–H groups in total. The van der Waals surface area contributed by atoms with Crippen LogP contribution in [0.3, 0.4) is 0 Å². The van der Waals surface area contributed by atoms with Crippen LogP contribution in [-0.2, 0) is 0 Å². The molecule has 2 nitrogen and oxygen atoms in total. The number of rotatable bonds is 4. The van der Waals surface area contributed by atoms with E-state index in [1.54, 1.807) is 0 Å². The Balaban J connectivity index is 2.34. The number of nitrogens with one attached hydrogen (secondary N) is 1. The third-order valence-electron chi connectivity index (χ3n) is 3.18. The average Bonchev–Trinajstić information content (AvgIpc) is 2.02. The Morgan fingerprint density at radius 2 is 2.07 bits per heavy atom. The van der Waals surface area contributed by atoms with E-state index in [4.69, 9.17) is 5.73 Å². The molecule has 14 heavy (non-hydrogen) atoms. The SMILES string of the molecule is CCCC(C)(C)NC1CCCC(N)C1. The molecule has 84 valence electrons. The lowest BCUT2D eigenvalue weighted by molar-refractivity contribution is 0.253. The Kier molecular flexibility index (Phi) is 4.39. The van der Waals surface area contributed by atoms with Gasteiger partial charge in [-0.25, -0.2) is 0 Å². The molecule has 0 aromatic rings. The van der Waals surface area contributed by atoms with Gasteiger partial charge in [-0.2, -0.15) is 0 Å². The van der Waals surface area contributed by atoms with Crippen LogP contribution >= 0.6 is 0 Å². The van der Waals surface area contributed by atoms with Crippen LogP contribution < -0.4 is 11.1 Å². The zero-order valence-corrected chi connectivity index (χ0v) is 9.97. The maximum atomic E-state index is 5.98. The molecule has 0 amide bonds. The molecule has 0 aromatic carbocycles. The first-order valence-corrected chi connectivity index (χ1v) is 6.07. The van der Waals surface area contributed by atoms with E-state index in [1.807, 2.05) is 0 Å². The second-order valence-electron chi connectivity index (χ2n) is 5.40. The van der Waals surface area contributed by atoms with E-state index < -0.39 is 0 Å². The van der Waals surface area contributed by atoms with Crippen molar-refractivity contribution in [3.05, 3.63) is 0 Å². The third kappa shape index (κ3) is 3.97. The lowest BCUT2D eigenvalue weighted by atomic mass is 9.88. The summed E-state index contributed by atoms with van der Waals surface area (Å²) < 4.78 is 0. The molecule has 0 aliphatic heterocycles. The fourth-order valence-corrected chi connectivity index (χ4v) is 2.61. The molecule has 2 unspecified atom stereocenters. The van der Waals surface area contributed by atoms with Crippen molar-refractivity contribution in [1.82, 2.24) is 5.32 Å². The van der Waals surface area contributed by atoms with Crippen molar-refractivity contribution in [2.24, 2.45) is 5.73 Å². The van der Waals surface area contributed by atoms with Gasteiger partial charge in [0.25, 0.3) is 0 Å². The van der Waals surface area contributed by atoms with Crippen LogP contribution in [0.25, 0.3) is 0 Å². The first-order chi connectivity index (χ1) is 6.53. The summed E-state index contributed by atoms with van der Waals surface area (Å²) in [7, 11) is 0. The van der Waals surface area contributed by atoms with Gasteiger partial charge in [-0.05, 0) is 39.5 Å². The Labute approximate surface area is 88.6 Å². The van der Waals surface area contributed by atoms with Crippen molar-refractivity contribution in [3.8, 4) is 0 Å². The maximum Gasteiger partial charge on any atom is 0.0127 e. The molecule has 0 aromatic heterocycles. The normalized spacial score (nSPS) is 29.1. The van der Waals surface area contributed by atoms with Gasteiger partial charge in [0, 0.05) is 17.6 Å². The van der Waals surface area contributed by atoms with Crippen LogP contribution in [0.15, 0.2) is 0 Å². The van der Waals surface area contributed by atoms with E-state index in [1.165, 1.54) is 32.1 Å². The molecule has 2 atom stereocenters. The number of nitrogens with two attached hydrogens (primary N) is 1. The van der Waals surface area contributed by atoms with E-state index in [2.05, 4.69) is 26.1 Å². The second kappa shape index (κ2) is 5.13. The predicted molar refractivity (Wildman–Crippen MR) is 62.4 cm³/mol. The average molecular weight is 198 g/mol. The van der Waals surface area contributed by atoms with Gasteiger partial charge in [-0.1, -0.05) is 19.8 Å². The minimum Gasteiger partial charge on any atom is -0.328 e. The van der Waals surface area contributed by atoms with Crippen molar-refractivity contribution in [3.63, 3.8) is 0 Å². The van der Waals surface area contributed by atoms with Gasteiger partial charge in [0.05, 0.1) is 0 Å². The molecule has 1 aliphatic rings. The Morgan fingerprint density at radius 1 is 1.36 bits per heavy atom. The first-order valence-electron chi connectivity index (χ1n) is 6.07. The molecule has 1 saturated carbocycles. The molecule has 0 heterocycles. The minimum absolute atomic E-state index is 0.288. The van der Waals surface area contributed by atoms with E-state index in [-0.39, 0.29) is 5.54 Å². The van der Waals surface area contributed by atoms with E-state index in [9.17, 15) is 0 Å². The molecule has 0 spiro atoms. The molecule has 1 aliphatic carbocycles. The second-order valence-corrected chi connectivity index (χ2v) is 5.40. The lowest BCUT2D eigenvalue weighted by Gasteiger charge is -2.35. The van der Waals surface area contributed by atoms with Crippen LogP contribution in [0, 0.1) is 0 Å². The highest BCUT2D eigenvalue weighted by Gasteiger charge is 2.25. The summed E-state index contributed by atoms with van der Waals surface area (Å²) in [5.74, 6) is 0. The molecule has 1 rings (SSSR count).